The highest BCUT2D eigenvalue weighted by Crippen LogP contribution is 2.15. The fraction of sp³-hybridized carbons (Fsp3) is 0.462. The third kappa shape index (κ3) is 3.40. The summed E-state index contributed by atoms with van der Waals surface area (Å²) in [5, 5.41) is 2.92. The molecule has 1 atom stereocenters. The molecule has 1 aliphatic heterocycles. The van der Waals surface area contributed by atoms with Crippen LogP contribution in [0, 0.1) is 0 Å². The number of nitrogens with one attached hydrogen (secondary N) is 1. The van der Waals surface area contributed by atoms with Gasteiger partial charge in [0.15, 0.2) is 0 Å². The van der Waals surface area contributed by atoms with Gasteiger partial charge in [-0.2, -0.15) is 11.8 Å². The summed E-state index contributed by atoms with van der Waals surface area (Å²) in [5.41, 5.74) is 7.11. The smallest absolute Gasteiger partial charge is 0.241 e. The van der Waals surface area contributed by atoms with Crippen LogP contribution in [0.4, 0.5) is 11.4 Å². The van der Waals surface area contributed by atoms with Crippen LogP contribution in [0.5, 0.6) is 0 Å². The molecule has 0 radical (unpaired) electrons. The Balaban J connectivity index is 1.92. The second-order valence-electron chi connectivity index (χ2n) is 4.44. The van der Waals surface area contributed by atoms with E-state index in [4.69, 9.17) is 5.73 Å². The number of nitrogens with two attached hydrogens (primary N) is 1. The van der Waals surface area contributed by atoms with Crippen LogP contribution in [0.3, 0.4) is 0 Å². The first-order chi connectivity index (χ1) is 8.66. The minimum atomic E-state index is -0.0801. The molecule has 1 aromatic rings. The van der Waals surface area contributed by atoms with Gasteiger partial charge in [0.25, 0.3) is 0 Å². The Bertz CT molecular complexity index is 401. The molecule has 1 unspecified atom stereocenters. The molecule has 0 aromatic heterocycles. The van der Waals surface area contributed by atoms with Crippen LogP contribution in [0.15, 0.2) is 24.3 Å². The summed E-state index contributed by atoms with van der Waals surface area (Å²) in [5.74, 6) is 2.27. The number of nitrogen functional groups attached to an aromatic ring is 1. The lowest BCUT2D eigenvalue weighted by Crippen LogP contribution is -2.46. The largest absolute Gasteiger partial charge is 0.399 e. The fourth-order valence-corrected chi connectivity index (χ4v) is 2.88. The van der Waals surface area contributed by atoms with Crippen LogP contribution in [0.1, 0.15) is 6.92 Å². The van der Waals surface area contributed by atoms with Gasteiger partial charge >= 0.3 is 0 Å². The van der Waals surface area contributed by atoms with Crippen molar-refractivity contribution in [3.63, 3.8) is 0 Å². The van der Waals surface area contributed by atoms with Crippen molar-refractivity contribution in [3.05, 3.63) is 24.3 Å². The third-order valence-electron chi connectivity index (χ3n) is 3.15. The summed E-state index contributed by atoms with van der Waals surface area (Å²) < 4.78 is 0. The number of carbonyl (C=O) groups excluding carboxylic acids is 1. The zero-order chi connectivity index (χ0) is 13.0. The second kappa shape index (κ2) is 6.11. The SMILES string of the molecule is CC(C(=O)Nc1ccc(N)cc1)N1CCSCC1. The molecule has 18 heavy (non-hydrogen) atoms. The highest BCUT2D eigenvalue weighted by atomic mass is 32.2. The lowest BCUT2D eigenvalue weighted by atomic mass is 10.2. The van der Waals surface area contributed by atoms with Crippen molar-refractivity contribution in [3.8, 4) is 0 Å². The molecule has 0 spiro atoms. The minimum absolute atomic E-state index is 0.0478. The van der Waals surface area contributed by atoms with E-state index in [0.717, 1.165) is 30.3 Å². The Morgan fingerprint density at radius 2 is 1.94 bits per heavy atom. The summed E-state index contributed by atoms with van der Waals surface area (Å²) in [7, 11) is 0. The summed E-state index contributed by atoms with van der Waals surface area (Å²) in [6, 6.07) is 7.15. The Labute approximate surface area is 112 Å². The molecule has 0 bridgehead atoms. The lowest BCUT2D eigenvalue weighted by Gasteiger charge is -2.31. The van der Waals surface area contributed by atoms with Crippen LogP contribution >= 0.6 is 11.8 Å². The molecule has 1 fully saturated rings. The molecule has 0 saturated carbocycles. The number of thioether (sulfide) groups is 1. The first kappa shape index (κ1) is 13.2. The Morgan fingerprint density at radius 3 is 2.56 bits per heavy atom. The molecule has 1 amide bonds. The number of hydrogen-bond acceptors (Lipinski definition) is 4. The van der Waals surface area contributed by atoms with Crippen molar-refractivity contribution in [2.75, 3.05) is 35.6 Å². The van der Waals surface area contributed by atoms with Gasteiger partial charge in [0.2, 0.25) is 5.91 Å². The molecule has 0 aliphatic carbocycles. The number of hydrogen-bond donors (Lipinski definition) is 2. The van der Waals surface area contributed by atoms with E-state index in [0.29, 0.717) is 5.69 Å². The second-order valence-corrected chi connectivity index (χ2v) is 5.66. The van der Waals surface area contributed by atoms with Crippen molar-refractivity contribution < 1.29 is 4.79 Å². The van der Waals surface area contributed by atoms with Crippen LogP contribution < -0.4 is 11.1 Å². The maximum absolute atomic E-state index is 12.1. The average Bonchev–Trinajstić information content (AvgIpc) is 2.41. The topological polar surface area (TPSA) is 58.4 Å². The molecule has 3 N–H and O–H groups in total. The van der Waals surface area contributed by atoms with E-state index < -0.39 is 0 Å². The molecule has 4 nitrogen and oxygen atoms in total. The maximum Gasteiger partial charge on any atom is 0.241 e. The summed E-state index contributed by atoms with van der Waals surface area (Å²) in [6.45, 7) is 3.94. The zero-order valence-corrected chi connectivity index (χ0v) is 11.4. The number of carbonyl (C=O) groups is 1. The van der Waals surface area contributed by atoms with Crippen molar-refractivity contribution in [2.24, 2.45) is 0 Å². The molecule has 5 heteroatoms. The molecular formula is C13H19N3OS. The van der Waals surface area contributed by atoms with E-state index in [2.05, 4.69) is 10.2 Å². The monoisotopic (exact) mass is 265 g/mol. The quantitative estimate of drug-likeness (QED) is 0.816. The Hall–Kier alpha value is -1.20. The highest BCUT2D eigenvalue weighted by Gasteiger charge is 2.22. The van der Waals surface area contributed by atoms with Gasteiger partial charge in [-0.05, 0) is 31.2 Å². The van der Waals surface area contributed by atoms with E-state index in [1.54, 1.807) is 12.1 Å². The molecule has 1 aromatic carbocycles. The normalized spacial score (nSPS) is 18.3. The van der Waals surface area contributed by atoms with Gasteiger partial charge in [0.05, 0.1) is 6.04 Å². The van der Waals surface area contributed by atoms with Gasteiger partial charge in [-0.25, -0.2) is 0 Å². The lowest BCUT2D eigenvalue weighted by molar-refractivity contribution is -0.120. The Kier molecular flexibility index (Phi) is 4.49. The molecule has 1 saturated heterocycles. The van der Waals surface area contributed by atoms with Gasteiger partial charge in [0.1, 0.15) is 0 Å². The van der Waals surface area contributed by atoms with E-state index in [1.807, 2.05) is 30.8 Å². The summed E-state index contributed by atoms with van der Waals surface area (Å²) in [6.07, 6.45) is 0. The molecule has 2 rings (SSSR count). The number of amides is 1. The van der Waals surface area contributed by atoms with Gasteiger partial charge in [0, 0.05) is 36.0 Å². The molecular weight excluding hydrogens is 246 g/mol. The van der Waals surface area contributed by atoms with Crippen molar-refractivity contribution in [2.45, 2.75) is 13.0 Å². The molecule has 1 aliphatic rings. The maximum atomic E-state index is 12.1. The third-order valence-corrected chi connectivity index (χ3v) is 4.09. The van der Waals surface area contributed by atoms with Gasteiger partial charge in [-0.1, -0.05) is 0 Å². The predicted octanol–water partition coefficient (Wildman–Crippen LogP) is 1.64. The van der Waals surface area contributed by atoms with Gasteiger partial charge in [-0.3, -0.25) is 9.69 Å². The summed E-state index contributed by atoms with van der Waals surface area (Å²) in [4.78, 5) is 14.3. The van der Waals surface area contributed by atoms with E-state index >= 15 is 0 Å². The number of nitrogens with zero attached hydrogens (tertiary/aromatic N) is 1. The van der Waals surface area contributed by atoms with Crippen LogP contribution in [0.25, 0.3) is 0 Å². The molecule has 1 heterocycles. The van der Waals surface area contributed by atoms with Gasteiger partial charge < -0.3 is 11.1 Å². The van der Waals surface area contributed by atoms with Crippen molar-refractivity contribution in [1.29, 1.82) is 0 Å². The standard InChI is InChI=1S/C13H19N3OS/c1-10(16-6-8-18-9-7-16)13(17)15-12-4-2-11(14)3-5-12/h2-5,10H,6-9,14H2,1H3,(H,15,17). The summed E-state index contributed by atoms with van der Waals surface area (Å²) >= 11 is 1.95. The average molecular weight is 265 g/mol. The van der Waals surface area contributed by atoms with E-state index in [9.17, 15) is 4.79 Å². The first-order valence-corrected chi connectivity index (χ1v) is 7.30. The van der Waals surface area contributed by atoms with Crippen LogP contribution in [0.2, 0.25) is 0 Å². The molecule has 98 valence electrons. The Morgan fingerprint density at radius 1 is 1.33 bits per heavy atom. The van der Waals surface area contributed by atoms with Crippen LogP contribution in [-0.2, 0) is 4.79 Å². The van der Waals surface area contributed by atoms with Crippen molar-refractivity contribution >= 4 is 29.0 Å². The fourth-order valence-electron chi connectivity index (χ4n) is 1.94. The van der Waals surface area contributed by atoms with E-state index in [-0.39, 0.29) is 11.9 Å². The highest BCUT2D eigenvalue weighted by molar-refractivity contribution is 7.99. The zero-order valence-electron chi connectivity index (χ0n) is 10.6. The van der Waals surface area contributed by atoms with E-state index in [1.165, 1.54) is 0 Å². The van der Waals surface area contributed by atoms with Gasteiger partial charge in [-0.15, -0.1) is 0 Å². The first-order valence-electron chi connectivity index (χ1n) is 6.15. The number of anilines is 2. The van der Waals surface area contributed by atoms with Crippen LogP contribution in [-0.4, -0.2) is 41.4 Å². The number of benzene rings is 1. The minimum Gasteiger partial charge on any atom is -0.399 e. The number of rotatable bonds is 3. The predicted molar refractivity (Wildman–Crippen MR) is 77.8 cm³/mol. The van der Waals surface area contributed by atoms with Crippen molar-refractivity contribution in [1.82, 2.24) is 4.90 Å².